The second kappa shape index (κ2) is 9.73. The van der Waals surface area contributed by atoms with E-state index < -0.39 is 24.1 Å². The van der Waals surface area contributed by atoms with Crippen molar-refractivity contribution >= 4 is 22.8 Å². The molecule has 2 aromatic carbocycles. The lowest BCUT2D eigenvalue weighted by molar-refractivity contribution is -0.124. The predicted octanol–water partition coefficient (Wildman–Crippen LogP) is 3.10. The smallest absolute Gasteiger partial charge is 0.351 e. The van der Waals surface area contributed by atoms with Crippen molar-refractivity contribution in [2.75, 3.05) is 13.7 Å². The summed E-state index contributed by atoms with van der Waals surface area (Å²) in [5, 5.41) is 3.30. The summed E-state index contributed by atoms with van der Waals surface area (Å²) in [7, 11) is 1.45. The lowest BCUT2D eigenvalue weighted by Gasteiger charge is -2.14. The largest absolute Gasteiger partial charge is 0.493 e. The maximum Gasteiger partial charge on any atom is 0.351 e. The fourth-order valence-electron chi connectivity index (χ4n) is 3.05. The second-order valence-electron chi connectivity index (χ2n) is 6.90. The third-order valence-corrected chi connectivity index (χ3v) is 4.61. The number of carbonyl (C=O) groups is 2. The molecule has 1 atom stereocenters. The van der Waals surface area contributed by atoms with Crippen LogP contribution in [-0.2, 0) is 16.0 Å². The Kier molecular flexibility index (Phi) is 6.85. The number of fused-ring (bicyclic) bond motifs is 1. The van der Waals surface area contributed by atoms with Gasteiger partial charge in [0.2, 0.25) is 0 Å². The molecule has 156 valence electrons. The van der Waals surface area contributed by atoms with E-state index in [1.807, 2.05) is 37.3 Å². The van der Waals surface area contributed by atoms with Gasteiger partial charge in [-0.25, -0.2) is 9.59 Å². The van der Waals surface area contributed by atoms with Gasteiger partial charge in [0.15, 0.2) is 17.9 Å². The standard InChI is InChI=1S/C23H23NO6/c1-15(11-12-16-7-4-3-5-8-16)24-20(25)14-29-22(26)18-13-17-9-6-10-19(28-2)21(17)30-23(18)27/h3-10,13,15H,11-12,14H2,1-2H3,(H,24,25)/t15-/m1/s1. The molecule has 0 unspecified atom stereocenters. The van der Waals surface area contributed by atoms with Crippen molar-refractivity contribution < 1.29 is 23.5 Å². The van der Waals surface area contributed by atoms with Gasteiger partial charge in [-0.2, -0.15) is 0 Å². The van der Waals surface area contributed by atoms with Crippen LogP contribution < -0.4 is 15.7 Å². The number of carbonyl (C=O) groups excluding carboxylic acids is 2. The first-order valence-electron chi connectivity index (χ1n) is 9.59. The zero-order chi connectivity index (χ0) is 21.5. The fourth-order valence-corrected chi connectivity index (χ4v) is 3.05. The Hall–Kier alpha value is -3.61. The minimum Gasteiger partial charge on any atom is -0.493 e. The first kappa shape index (κ1) is 21.1. The van der Waals surface area contributed by atoms with Gasteiger partial charge >= 0.3 is 11.6 Å². The van der Waals surface area contributed by atoms with E-state index in [1.54, 1.807) is 18.2 Å². The van der Waals surface area contributed by atoms with Crippen LogP contribution in [0.3, 0.4) is 0 Å². The Morgan fingerprint density at radius 3 is 2.60 bits per heavy atom. The number of esters is 1. The molecular formula is C23H23NO6. The summed E-state index contributed by atoms with van der Waals surface area (Å²) in [6.07, 6.45) is 1.57. The fraction of sp³-hybridized carbons (Fsp3) is 0.261. The summed E-state index contributed by atoms with van der Waals surface area (Å²) in [6, 6.07) is 16.3. The summed E-state index contributed by atoms with van der Waals surface area (Å²) in [4.78, 5) is 36.5. The van der Waals surface area contributed by atoms with Crippen LogP contribution in [0.25, 0.3) is 11.0 Å². The highest BCUT2D eigenvalue weighted by Crippen LogP contribution is 2.24. The van der Waals surface area contributed by atoms with Crippen LogP contribution in [0.1, 0.15) is 29.3 Å². The van der Waals surface area contributed by atoms with Gasteiger partial charge in [0, 0.05) is 11.4 Å². The van der Waals surface area contributed by atoms with Crippen LogP contribution in [0.4, 0.5) is 0 Å². The Morgan fingerprint density at radius 1 is 1.10 bits per heavy atom. The van der Waals surface area contributed by atoms with Crippen molar-refractivity contribution in [2.24, 2.45) is 0 Å². The number of ether oxygens (including phenoxy) is 2. The van der Waals surface area contributed by atoms with Gasteiger partial charge < -0.3 is 19.2 Å². The van der Waals surface area contributed by atoms with Crippen LogP contribution in [0.5, 0.6) is 5.75 Å². The Balaban J connectivity index is 1.55. The number of hydrogen-bond acceptors (Lipinski definition) is 6. The molecule has 1 heterocycles. The number of amides is 1. The molecule has 3 rings (SSSR count). The Morgan fingerprint density at radius 2 is 1.87 bits per heavy atom. The maximum absolute atomic E-state index is 12.3. The van der Waals surface area contributed by atoms with Crippen molar-refractivity contribution in [1.82, 2.24) is 5.32 Å². The molecule has 0 bridgehead atoms. The molecular weight excluding hydrogens is 386 g/mol. The van der Waals surface area contributed by atoms with Gasteiger partial charge in [-0.05, 0) is 37.5 Å². The first-order valence-corrected chi connectivity index (χ1v) is 9.59. The van der Waals surface area contributed by atoms with Crippen LogP contribution in [-0.4, -0.2) is 31.6 Å². The van der Waals surface area contributed by atoms with Crippen molar-refractivity contribution in [3.8, 4) is 5.75 Å². The van der Waals surface area contributed by atoms with Crippen LogP contribution in [0, 0.1) is 0 Å². The number of methoxy groups -OCH3 is 1. The summed E-state index contributed by atoms with van der Waals surface area (Å²) in [5.41, 5.74) is 0.297. The highest BCUT2D eigenvalue weighted by molar-refractivity contribution is 5.95. The predicted molar refractivity (Wildman–Crippen MR) is 112 cm³/mol. The average Bonchev–Trinajstić information content (AvgIpc) is 2.76. The second-order valence-corrected chi connectivity index (χ2v) is 6.90. The van der Waals surface area contributed by atoms with Crippen molar-refractivity contribution in [2.45, 2.75) is 25.8 Å². The van der Waals surface area contributed by atoms with Gasteiger partial charge in [0.1, 0.15) is 5.56 Å². The zero-order valence-corrected chi connectivity index (χ0v) is 16.8. The quantitative estimate of drug-likeness (QED) is 0.454. The number of rotatable bonds is 8. The molecule has 30 heavy (non-hydrogen) atoms. The molecule has 0 aliphatic rings. The van der Waals surface area contributed by atoms with E-state index in [4.69, 9.17) is 13.9 Å². The third kappa shape index (κ3) is 5.26. The number of nitrogens with one attached hydrogen (secondary N) is 1. The Bertz CT molecular complexity index is 1090. The van der Waals surface area contributed by atoms with E-state index in [1.165, 1.54) is 18.7 Å². The molecule has 1 amide bonds. The molecule has 3 aromatic rings. The maximum atomic E-state index is 12.3. The molecule has 7 nitrogen and oxygen atoms in total. The molecule has 0 aliphatic heterocycles. The molecule has 1 N–H and O–H groups in total. The van der Waals surface area contributed by atoms with Gasteiger partial charge in [-0.3, -0.25) is 4.79 Å². The van der Waals surface area contributed by atoms with E-state index in [0.29, 0.717) is 11.1 Å². The molecule has 0 saturated carbocycles. The molecule has 0 radical (unpaired) electrons. The van der Waals surface area contributed by atoms with Crippen LogP contribution in [0.2, 0.25) is 0 Å². The van der Waals surface area contributed by atoms with Gasteiger partial charge in [0.25, 0.3) is 5.91 Å². The highest BCUT2D eigenvalue weighted by atomic mass is 16.5. The first-order chi connectivity index (χ1) is 14.5. The van der Waals surface area contributed by atoms with E-state index in [9.17, 15) is 14.4 Å². The summed E-state index contributed by atoms with van der Waals surface area (Å²) >= 11 is 0. The lowest BCUT2D eigenvalue weighted by Crippen LogP contribution is -2.36. The number of hydrogen-bond donors (Lipinski definition) is 1. The normalized spacial score (nSPS) is 11.7. The molecule has 0 aliphatic carbocycles. The summed E-state index contributed by atoms with van der Waals surface area (Å²) < 4.78 is 15.3. The SMILES string of the molecule is COc1cccc2cc(C(=O)OCC(=O)N[C@H](C)CCc3ccccc3)c(=O)oc12. The van der Waals surface area contributed by atoms with Crippen LogP contribution in [0.15, 0.2) is 63.8 Å². The number of para-hydroxylation sites is 1. The molecule has 0 fully saturated rings. The van der Waals surface area contributed by atoms with Crippen molar-refractivity contribution in [3.05, 3.63) is 76.1 Å². The van der Waals surface area contributed by atoms with Crippen molar-refractivity contribution in [3.63, 3.8) is 0 Å². The highest BCUT2D eigenvalue weighted by Gasteiger charge is 2.18. The number of aryl methyl sites for hydroxylation is 1. The lowest BCUT2D eigenvalue weighted by atomic mass is 10.1. The molecule has 1 aromatic heterocycles. The minimum atomic E-state index is -0.916. The van der Waals surface area contributed by atoms with E-state index in [-0.39, 0.29) is 17.2 Å². The molecule has 0 saturated heterocycles. The van der Waals surface area contributed by atoms with E-state index in [0.717, 1.165) is 12.8 Å². The van der Waals surface area contributed by atoms with Gasteiger partial charge in [-0.15, -0.1) is 0 Å². The van der Waals surface area contributed by atoms with E-state index >= 15 is 0 Å². The minimum absolute atomic E-state index is 0.0883. The third-order valence-electron chi connectivity index (χ3n) is 4.61. The summed E-state index contributed by atoms with van der Waals surface area (Å²) in [6.45, 7) is 1.40. The average molecular weight is 409 g/mol. The van der Waals surface area contributed by atoms with Crippen molar-refractivity contribution in [1.29, 1.82) is 0 Å². The van der Waals surface area contributed by atoms with Crippen LogP contribution >= 0.6 is 0 Å². The van der Waals surface area contributed by atoms with Gasteiger partial charge in [-0.1, -0.05) is 42.5 Å². The number of benzene rings is 2. The summed E-state index contributed by atoms with van der Waals surface area (Å²) in [5.74, 6) is -0.968. The molecule has 0 spiro atoms. The monoisotopic (exact) mass is 409 g/mol. The zero-order valence-electron chi connectivity index (χ0n) is 16.8. The van der Waals surface area contributed by atoms with E-state index in [2.05, 4.69) is 5.32 Å². The van der Waals surface area contributed by atoms with Gasteiger partial charge in [0.05, 0.1) is 7.11 Å². The molecule has 7 heteroatoms. The topological polar surface area (TPSA) is 94.8 Å². The Labute approximate surface area is 173 Å².